The highest BCUT2D eigenvalue weighted by atomic mass is 16.2. The van der Waals surface area contributed by atoms with Gasteiger partial charge in [0.05, 0.1) is 5.70 Å². The number of hydrogen-bond donors (Lipinski definition) is 2. The number of nitrogens with one attached hydrogen (secondary N) is 2. The summed E-state index contributed by atoms with van der Waals surface area (Å²) in [6.45, 7) is 5.75. The summed E-state index contributed by atoms with van der Waals surface area (Å²) in [5, 5.41) is 4.55. The van der Waals surface area contributed by atoms with Crippen LogP contribution in [0.4, 0.5) is 4.79 Å². The Morgan fingerprint density at radius 1 is 1.47 bits per heavy atom. The van der Waals surface area contributed by atoms with Crippen LogP contribution < -0.4 is 10.6 Å². The van der Waals surface area contributed by atoms with Crippen LogP contribution in [0.15, 0.2) is 48.5 Å². The molecule has 2 heterocycles. The predicted octanol–water partition coefficient (Wildman–Crippen LogP) is 1.00. The molecule has 5 nitrogen and oxygen atoms in total. The maximum atomic E-state index is 11.4. The average Bonchev–Trinajstić information content (AvgIpc) is 2.70. The minimum atomic E-state index is -0.806. The Morgan fingerprint density at radius 2 is 2.26 bits per heavy atom. The van der Waals surface area contributed by atoms with Crippen LogP contribution in [-0.2, 0) is 4.79 Å². The molecule has 0 aromatic carbocycles. The second-order valence-electron chi connectivity index (χ2n) is 3.90. The average molecular weight is 255 g/mol. The number of imide groups is 1. The van der Waals surface area contributed by atoms with Gasteiger partial charge < -0.3 is 10.2 Å². The highest BCUT2D eigenvalue weighted by molar-refractivity contribution is 6.05. The summed E-state index contributed by atoms with van der Waals surface area (Å²) >= 11 is 0. The van der Waals surface area contributed by atoms with Crippen LogP contribution in [0.1, 0.15) is 6.92 Å². The predicted molar refractivity (Wildman–Crippen MR) is 71.3 cm³/mol. The van der Waals surface area contributed by atoms with Crippen molar-refractivity contribution in [2.24, 2.45) is 0 Å². The highest BCUT2D eigenvalue weighted by Gasteiger charge is 2.27. The number of urea groups is 1. The minimum Gasteiger partial charge on any atom is -0.316 e. The molecule has 96 valence electrons. The summed E-state index contributed by atoms with van der Waals surface area (Å²) in [7, 11) is 0. The van der Waals surface area contributed by atoms with E-state index in [-0.39, 0.29) is 0 Å². The van der Waals surface area contributed by atoms with Crippen LogP contribution in [0.3, 0.4) is 0 Å². The van der Waals surface area contributed by atoms with E-state index in [0.717, 1.165) is 5.70 Å². The fourth-order valence-electron chi connectivity index (χ4n) is 1.65. The third-order valence-corrected chi connectivity index (χ3v) is 2.60. The number of nitrogens with zero attached hydrogens (tertiary/aromatic N) is 1. The zero-order valence-electron chi connectivity index (χ0n) is 10.4. The number of amides is 3. The van der Waals surface area contributed by atoms with Crippen LogP contribution in [-0.4, -0.2) is 22.9 Å². The Kier molecular flexibility index (Phi) is 3.53. The van der Waals surface area contributed by atoms with Gasteiger partial charge in [-0.05, 0) is 25.0 Å². The summed E-state index contributed by atoms with van der Waals surface area (Å²) in [5.74, 6) is 5.18. The van der Waals surface area contributed by atoms with Crippen molar-refractivity contribution >= 4 is 11.9 Å². The summed E-state index contributed by atoms with van der Waals surface area (Å²) < 4.78 is 0. The van der Waals surface area contributed by atoms with E-state index in [0.29, 0.717) is 5.70 Å². The van der Waals surface area contributed by atoms with Crippen LogP contribution in [0.25, 0.3) is 0 Å². The van der Waals surface area contributed by atoms with E-state index >= 15 is 0 Å². The molecule has 1 fully saturated rings. The standard InChI is InChI=1S/C14H13N3O2/c1-3-11(17-9-5-4-6-10(17)2)7-8-12-13(18)16-14(19)15-12/h3-6,9,12H,2H2,1H3,(H2,15,16,18,19)/b11-3-. The van der Waals surface area contributed by atoms with Crippen molar-refractivity contribution in [3.05, 3.63) is 48.5 Å². The lowest BCUT2D eigenvalue weighted by Gasteiger charge is -2.22. The molecular formula is C14H13N3O2. The van der Waals surface area contributed by atoms with Gasteiger partial charge in [0.25, 0.3) is 5.91 Å². The van der Waals surface area contributed by atoms with Crippen molar-refractivity contribution in [2.45, 2.75) is 13.0 Å². The minimum absolute atomic E-state index is 0.430. The molecule has 2 N–H and O–H groups in total. The van der Waals surface area contributed by atoms with E-state index < -0.39 is 18.0 Å². The fourth-order valence-corrected chi connectivity index (χ4v) is 1.65. The summed E-state index contributed by atoms with van der Waals surface area (Å²) in [5.41, 5.74) is 1.48. The smallest absolute Gasteiger partial charge is 0.316 e. The first-order valence-electron chi connectivity index (χ1n) is 5.74. The largest absolute Gasteiger partial charge is 0.322 e. The van der Waals surface area contributed by atoms with Crippen molar-refractivity contribution in [3.63, 3.8) is 0 Å². The van der Waals surface area contributed by atoms with Crippen LogP contribution >= 0.6 is 0 Å². The lowest BCUT2D eigenvalue weighted by Crippen LogP contribution is -2.27. The molecule has 0 spiro atoms. The molecule has 3 amide bonds. The molecule has 2 rings (SSSR count). The highest BCUT2D eigenvalue weighted by Crippen LogP contribution is 2.16. The van der Waals surface area contributed by atoms with Gasteiger partial charge in [0.1, 0.15) is 0 Å². The molecule has 0 aromatic rings. The second-order valence-corrected chi connectivity index (χ2v) is 3.90. The molecule has 0 saturated carbocycles. The van der Waals surface area contributed by atoms with Crippen molar-refractivity contribution < 1.29 is 9.59 Å². The number of rotatable bonds is 1. The van der Waals surface area contributed by atoms with Crippen molar-refractivity contribution in [3.8, 4) is 11.8 Å². The molecule has 2 aliphatic heterocycles. The first-order valence-corrected chi connectivity index (χ1v) is 5.74. The van der Waals surface area contributed by atoms with Crippen molar-refractivity contribution in [2.75, 3.05) is 0 Å². The molecule has 0 aliphatic carbocycles. The Morgan fingerprint density at radius 3 is 2.84 bits per heavy atom. The lowest BCUT2D eigenvalue weighted by molar-refractivity contribution is -0.119. The van der Waals surface area contributed by atoms with E-state index in [9.17, 15) is 9.59 Å². The van der Waals surface area contributed by atoms with Gasteiger partial charge in [-0.25, -0.2) is 4.79 Å². The Balaban J connectivity index is 2.15. The number of carbonyl (C=O) groups excluding carboxylic acids is 2. The molecule has 19 heavy (non-hydrogen) atoms. The molecule has 2 aliphatic rings. The van der Waals surface area contributed by atoms with Gasteiger partial charge in [-0.3, -0.25) is 10.1 Å². The van der Waals surface area contributed by atoms with Gasteiger partial charge in [-0.1, -0.05) is 24.7 Å². The van der Waals surface area contributed by atoms with Gasteiger partial charge in [0.2, 0.25) is 0 Å². The molecule has 0 aromatic heterocycles. The molecule has 1 unspecified atom stereocenters. The van der Waals surface area contributed by atoms with Gasteiger partial charge in [0.15, 0.2) is 6.04 Å². The molecule has 5 heteroatoms. The Labute approximate surface area is 111 Å². The number of allylic oxidation sites excluding steroid dienone is 5. The molecule has 1 atom stereocenters. The van der Waals surface area contributed by atoms with Crippen LogP contribution in [0.5, 0.6) is 0 Å². The first kappa shape index (κ1) is 12.7. The quantitative estimate of drug-likeness (QED) is 0.543. The zero-order chi connectivity index (χ0) is 13.8. The Bertz CT molecular complexity index is 588. The summed E-state index contributed by atoms with van der Waals surface area (Å²) in [4.78, 5) is 24.1. The molecular weight excluding hydrogens is 242 g/mol. The van der Waals surface area contributed by atoms with E-state index in [1.54, 1.807) is 0 Å². The molecule has 1 saturated heterocycles. The third-order valence-electron chi connectivity index (χ3n) is 2.60. The topological polar surface area (TPSA) is 61.4 Å². The lowest BCUT2D eigenvalue weighted by atomic mass is 10.2. The first-order chi connectivity index (χ1) is 9.11. The van der Waals surface area contributed by atoms with E-state index in [4.69, 9.17) is 0 Å². The van der Waals surface area contributed by atoms with Crippen molar-refractivity contribution in [1.29, 1.82) is 0 Å². The maximum Gasteiger partial charge on any atom is 0.322 e. The summed E-state index contributed by atoms with van der Waals surface area (Å²) in [6, 6.07) is -1.32. The third kappa shape index (κ3) is 2.75. The van der Waals surface area contributed by atoms with Gasteiger partial charge in [-0.15, -0.1) is 0 Å². The van der Waals surface area contributed by atoms with Crippen LogP contribution in [0.2, 0.25) is 0 Å². The van der Waals surface area contributed by atoms with Gasteiger partial charge in [-0.2, -0.15) is 0 Å². The SMILES string of the molecule is C=C1C=CC=CN1/C(C#CC1NC(=O)NC1=O)=C\C. The summed E-state index contributed by atoms with van der Waals surface area (Å²) in [6.07, 6.45) is 9.25. The molecule has 0 bridgehead atoms. The maximum absolute atomic E-state index is 11.4. The monoisotopic (exact) mass is 255 g/mol. The van der Waals surface area contributed by atoms with E-state index in [2.05, 4.69) is 29.1 Å². The number of hydrogen-bond acceptors (Lipinski definition) is 3. The van der Waals surface area contributed by atoms with Crippen molar-refractivity contribution in [1.82, 2.24) is 15.5 Å². The van der Waals surface area contributed by atoms with Gasteiger partial charge >= 0.3 is 6.03 Å². The normalized spacial score (nSPS) is 21.9. The van der Waals surface area contributed by atoms with E-state index in [1.165, 1.54) is 0 Å². The van der Waals surface area contributed by atoms with Gasteiger partial charge in [0, 0.05) is 11.9 Å². The molecule has 0 radical (unpaired) electrons. The van der Waals surface area contributed by atoms with E-state index in [1.807, 2.05) is 42.3 Å². The zero-order valence-corrected chi connectivity index (χ0v) is 10.4. The fraction of sp³-hybridized carbons (Fsp3) is 0.143. The van der Waals surface area contributed by atoms with Crippen LogP contribution in [0, 0.1) is 11.8 Å². The Hall–Kier alpha value is -2.74. The second kappa shape index (κ2) is 5.27. The number of carbonyl (C=O) groups is 2.